The van der Waals surface area contributed by atoms with Crippen LogP contribution >= 0.6 is 11.6 Å². The Balaban J connectivity index is 1.93. The summed E-state index contributed by atoms with van der Waals surface area (Å²) in [4.78, 5) is 10.7. The topological polar surface area (TPSA) is 50.3 Å². The second kappa shape index (κ2) is 7.03. The molecule has 1 N–H and O–H groups in total. The van der Waals surface area contributed by atoms with Gasteiger partial charge in [0.2, 0.25) is 0 Å². The maximum absolute atomic E-state index is 5.83. The number of rotatable bonds is 5. The van der Waals surface area contributed by atoms with Crippen molar-refractivity contribution in [3.8, 4) is 0 Å². The van der Waals surface area contributed by atoms with E-state index in [0.29, 0.717) is 17.1 Å². The lowest BCUT2D eigenvalue weighted by atomic mass is 10.0. The molecular weight excluding hydrogens is 264 g/mol. The molecule has 6 heteroatoms. The Hall–Kier alpha value is -0.910. The number of nitrogens with one attached hydrogen (secondary N) is 1. The molecule has 106 valence electrons. The molecule has 0 saturated carbocycles. The zero-order chi connectivity index (χ0) is 13.7. The highest BCUT2D eigenvalue weighted by Gasteiger charge is 2.23. The fourth-order valence-electron chi connectivity index (χ4n) is 2.33. The van der Waals surface area contributed by atoms with Crippen molar-refractivity contribution in [2.24, 2.45) is 5.92 Å². The minimum Gasteiger partial charge on any atom is -0.379 e. The molecule has 0 aliphatic carbocycles. The first-order valence-electron chi connectivity index (χ1n) is 6.70. The Morgan fingerprint density at radius 3 is 2.74 bits per heavy atom. The quantitative estimate of drug-likeness (QED) is 0.895. The molecule has 1 unspecified atom stereocenters. The molecule has 0 spiro atoms. The third-order valence-electron chi connectivity index (χ3n) is 3.38. The lowest BCUT2D eigenvalue weighted by Gasteiger charge is -2.37. The van der Waals surface area contributed by atoms with Gasteiger partial charge in [-0.15, -0.1) is 0 Å². The molecule has 1 aliphatic heterocycles. The van der Waals surface area contributed by atoms with Gasteiger partial charge in [-0.2, -0.15) is 0 Å². The molecule has 1 aromatic rings. The van der Waals surface area contributed by atoms with Crippen LogP contribution in [0, 0.1) is 5.92 Å². The monoisotopic (exact) mass is 284 g/mol. The van der Waals surface area contributed by atoms with E-state index >= 15 is 0 Å². The highest BCUT2D eigenvalue weighted by atomic mass is 35.5. The average molecular weight is 285 g/mol. The van der Waals surface area contributed by atoms with Crippen LogP contribution in [0.3, 0.4) is 0 Å². The van der Waals surface area contributed by atoms with Gasteiger partial charge in [-0.3, -0.25) is 9.88 Å². The number of ether oxygens (including phenoxy) is 1. The number of nitrogens with zero attached hydrogens (tertiary/aromatic N) is 3. The van der Waals surface area contributed by atoms with Crippen LogP contribution in [0.1, 0.15) is 13.8 Å². The van der Waals surface area contributed by atoms with E-state index in [2.05, 4.69) is 34.0 Å². The minimum absolute atomic E-state index is 0.414. The van der Waals surface area contributed by atoms with Crippen molar-refractivity contribution in [3.63, 3.8) is 0 Å². The zero-order valence-corrected chi connectivity index (χ0v) is 12.2. The highest BCUT2D eigenvalue weighted by Crippen LogP contribution is 2.14. The molecule has 1 atom stereocenters. The van der Waals surface area contributed by atoms with Crippen molar-refractivity contribution in [1.29, 1.82) is 0 Å². The summed E-state index contributed by atoms with van der Waals surface area (Å²) >= 11 is 5.83. The molecule has 5 nitrogen and oxygen atoms in total. The number of hydrogen-bond donors (Lipinski definition) is 1. The van der Waals surface area contributed by atoms with Crippen molar-refractivity contribution in [3.05, 3.63) is 17.5 Å². The van der Waals surface area contributed by atoms with Gasteiger partial charge in [-0.25, -0.2) is 4.98 Å². The van der Waals surface area contributed by atoms with E-state index in [-0.39, 0.29) is 0 Å². The molecular formula is C13H21ClN4O. The van der Waals surface area contributed by atoms with Gasteiger partial charge in [-0.1, -0.05) is 25.4 Å². The van der Waals surface area contributed by atoms with Gasteiger partial charge in [0.25, 0.3) is 0 Å². The minimum atomic E-state index is 0.414. The van der Waals surface area contributed by atoms with Crippen LogP contribution in [-0.2, 0) is 4.74 Å². The first kappa shape index (κ1) is 14.5. The number of aromatic nitrogens is 2. The number of hydrogen-bond acceptors (Lipinski definition) is 5. The summed E-state index contributed by atoms with van der Waals surface area (Å²) in [6.45, 7) is 8.95. The van der Waals surface area contributed by atoms with Crippen LogP contribution in [-0.4, -0.2) is 53.8 Å². The fourth-order valence-corrected chi connectivity index (χ4v) is 2.48. The van der Waals surface area contributed by atoms with Crippen LogP contribution < -0.4 is 5.32 Å². The second-order valence-electron chi connectivity index (χ2n) is 5.07. The Bertz CT molecular complexity index is 396. The number of anilines is 1. The van der Waals surface area contributed by atoms with Crippen molar-refractivity contribution in [2.45, 2.75) is 19.9 Å². The van der Waals surface area contributed by atoms with Crippen LogP contribution in [0.2, 0.25) is 5.15 Å². The SMILES string of the molecule is CC(C)C(CNc1cncc(Cl)n1)N1CCOCC1. The van der Waals surface area contributed by atoms with Gasteiger partial charge >= 0.3 is 0 Å². The summed E-state index contributed by atoms with van der Waals surface area (Å²) in [5, 5.41) is 3.74. The summed E-state index contributed by atoms with van der Waals surface area (Å²) in [7, 11) is 0. The van der Waals surface area contributed by atoms with Gasteiger partial charge in [0.05, 0.1) is 25.6 Å². The van der Waals surface area contributed by atoms with Gasteiger partial charge in [0, 0.05) is 25.7 Å². The van der Waals surface area contributed by atoms with Gasteiger partial charge in [0.15, 0.2) is 0 Å². The van der Waals surface area contributed by atoms with Crippen LogP contribution in [0.25, 0.3) is 0 Å². The smallest absolute Gasteiger partial charge is 0.149 e. The third-order valence-corrected chi connectivity index (χ3v) is 3.56. The average Bonchev–Trinajstić information content (AvgIpc) is 2.40. The maximum Gasteiger partial charge on any atom is 0.149 e. The van der Waals surface area contributed by atoms with Crippen LogP contribution in [0.4, 0.5) is 5.82 Å². The molecule has 1 aliphatic rings. The molecule has 1 aromatic heterocycles. The Morgan fingerprint density at radius 2 is 2.11 bits per heavy atom. The molecule has 0 aromatic carbocycles. The van der Waals surface area contributed by atoms with Crippen molar-refractivity contribution >= 4 is 17.4 Å². The van der Waals surface area contributed by atoms with E-state index in [9.17, 15) is 0 Å². The summed E-state index contributed by atoms with van der Waals surface area (Å²) in [5.41, 5.74) is 0. The number of halogens is 1. The van der Waals surface area contributed by atoms with E-state index < -0.39 is 0 Å². The van der Waals surface area contributed by atoms with Crippen molar-refractivity contribution < 1.29 is 4.74 Å². The second-order valence-corrected chi connectivity index (χ2v) is 5.45. The maximum atomic E-state index is 5.83. The predicted molar refractivity (Wildman–Crippen MR) is 76.5 cm³/mol. The molecule has 19 heavy (non-hydrogen) atoms. The normalized spacial score (nSPS) is 18.5. The summed E-state index contributed by atoms with van der Waals surface area (Å²) in [6, 6.07) is 0.463. The van der Waals surface area contributed by atoms with Gasteiger partial charge in [0.1, 0.15) is 11.0 Å². The van der Waals surface area contributed by atoms with Gasteiger partial charge in [-0.05, 0) is 5.92 Å². The first-order chi connectivity index (χ1) is 9.16. The highest BCUT2D eigenvalue weighted by molar-refractivity contribution is 6.29. The first-order valence-corrected chi connectivity index (χ1v) is 7.08. The summed E-state index contributed by atoms with van der Waals surface area (Å²) in [6.07, 6.45) is 3.23. The summed E-state index contributed by atoms with van der Waals surface area (Å²) in [5.74, 6) is 1.30. The molecule has 0 radical (unpaired) electrons. The standard InChI is InChI=1S/C13H21ClN4O/c1-10(2)11(18-3-5-19-6-4-18)7-16-13-9-15-8-12(14)17-13/h8-11H,3-7H2,1-2H3,(H,16,17). The van der Waals surface area contributed by atoms with Gasteiger partial charge < -0.3 is 10.1 Å². The molecule has 1 saturated heterocycles. The van der Waals surface area contributed by atoms with Crippen LogP contribution in [0.5, 0.6) is 0 Å². The van der Waals surface area contributed by atoms with E-state index in [1.54, 1.807) is 6.20 Å². The predicted octanol–water partition coefficient (Wildman–Crippen LogP) is 1.90. The molecule has 0 amide bonds. The van der Waals surface area contributed by atoms with Crippen LogP contribution in [0.15, 0.2) is 12.4 Å². The van der Waals surface area contributed by atoms with Crippen molar-refractivity contribution in [2.75, 3.05) is 38.2 Å². The Labute approximate surface area is 119 Å². The van der Waals surface area contributed by atoms with E-state index in [1.165, 1.54) is 6.20 Å². The lowest BCUT2D eigenvalue weighted by molar-refractivity contribution is 0.00953. The Kier molecular flexibility index (Phi) is 5.36. The lowest BCUT2D eigenvalue weighted by Crippen LogP contribution is -2.49. The molecule has 2 rings (SSSR count). The Morgan fingerprint density at radius 1 is 1.37 bits per heavy atom. The molecule has 2 heterocycles. The fraction of sp³-hybridized carbons (Fsp3) is 0.692. The molecule has 1 fully saturated rings. The van der Waals surface area contributed by atoms with E-state index in [0.717, 1.165) is 38.7 Å². The number of morpholine rings is 1. The third kappa shape index (κ3) is 4.30. The van der Waals surface area contributed by atoms with E-state index in [1.807, 2.05) is 0 Å². The van der Waals surface area contributed by atoms with Crippen molar-refractivity contribution in [1.82, 2.24) is 14.9 Å². The largest absolute Gasteiger partial charge is 0.379 e. The molecule has 0 bridgehead atoms. The zero-order valence-electron chi connectivity index (χ0n) is 11.5. The van der Waals surface area contributed by atoms with E-state index in [4.69, 9.17) is 16.3 Å². The summed E-state index contributed by atoms with van der Waals surface area (Å²) < 4.78 is 5.41.